The molecule has 0 N–H and O–H groups in total. The predicted octanol–water partition coefficient (Wildman–Crippen LogP) is -0.0170. The summed E-state index contributed by atoms with van der Waals surface area (Å²) >= 11 is 0. The zero-order valence-corrected chi connectivity index (χ0v) is 5.78. The second-order valence-electron chi connectivity index (χ2n) is 1.39. The zero-order chi connectivity index (χ0) is 8.53. The fourth-order valence-electron chi connectivity index (χ4n) is 0.310. The number of hydrogen-bond acceptors (Lipinski definition) is 5. The molecular weight excluding hydrogens is 150 g/mol. The third kappa shape index (κ3) is 6.27. The number of isocyanates is 1. The highest BCUT2D eigenvalue weighted by atomic mass is 16.6. The average molecular weight is 157 g/mol. The quantitative estimate of drug-likeness (QED) is 0.140. The number of ether oxygens (including phenoxy) is 1. The van der Waals surface area contributed by atoms with Gasteiger partial charge in [-0.05, 0) is 0 Å². The van der Waals surface area contributed by atoms with Gasteiger partial charge in [0.25, 0.3) is 6.08 Å². The third-order valence-electron chi connectivity index (χ3n) is 0.687. The summed E-state index contributed by atoms with van der Waals surface area (Å²) in [6, 6.07) is 0. The molecular formula is C6H7NO4. The van der Waals surface area contributed by atoms with Crippen LogP contribution in [0.5, 0.6) is 0 Å². The van der Waals surface area contributed by atoms with Gasteiger partial charge in [0.2, 0.25) is 0 Å². The minimum Gasteiger partial charge on any atom is -0.459 e. The monoisotopic (exact) mass is 157 g/mol. The molecule has 0 spiro atoms. The summed E-state index contributed by atoms with van der Waals surface area (Å²) in [5.41, 5.74) is 0. The van der Waals surface area contributed by atoms with E-state index in [1.807, 2.05) is 0 Å². The van der Waals surface area contributed by atoms with Crippen molar-refractivity contribution in [2.45, 2.75) is 0 Å². The Morgan fingerprint density at radius 3 is 2.91 bits per heavy atom. The van der Waals surface area contributed by atoms with E-state index in [4.69, 9.17) is 0 Å². The van der Waals surface area contributed by atoms with Crippen LogP contribution in [0.15, 0.2) is 17.8 Å². The molecule has 11 heavy (non-hydrogen) atoms. The number of rotatable bonds is 5. The van der Waals surface area contributed by atoms with Crippen molar-refractivity contribution in [3.63, 3.8) is 0 Å². The van der Waals surface area contributed by atoms with Crippen molar-refractivity contribution in [2.75, 3.05) is 13.2 Å². The second-order valence-corrected chi connectivity index (χ2v) is 1.39. The molecule has 5 nitrogen and oxygen atoms in total. The molecule has 0 saturated carbocycles. The number of esters is 1. The lowest BCUT2D eigenvalue weighted by Gasteiger charge is -1.97. The second kappa shape index (κ2) is 6.51. The highest BCUT2D eigenvalue weighted by Crippen LogP contribution is 1.80. The van der Waals surface area contributed by atoms with E-state index in [1.54, 1.807) is 0 Å². The van der Waals surface area contributed by atoms with Crippen molar-refractivity contribution in [1.29, 1.82) is 0 Å². The Balaban J connectivity index is 3.20. The lowest BCUT2D eigenvalue weighted by atomic mass is 10.6. The van der Waals surface area contributed by atoms with Crippen molar-refractivity contribution in [1.82, 2.24) is 0 Å². The number of carbonyl (C=O) groups excluding carboxylic acids is 2. The molecule has 0 fully saturated rings. The average Bonchev–Trinajstić information content (AvgIpc) is 2.04. The molecule has 0 amide bonds. The molecule has 0 bridgehead atoms. The van der Waals surface area contributed by atoms with Crippen molar-refractivity contribution in [2.24, 2.45) is 5.16 Å². The smallest absolute Gasteiger partial charge is 0.330 e. The summed E-state index contributed by atoms with van der Waals surface area (Å²) in [6.07, 6.45) is 2.19. The molecule has 60 valence electrons. The lowest BCUT2D eigenvalue weighted by molar-refractivity contribution is -0.139. The van der Waals surface area contributed by atoms with E-state index in [-0.39, 0.29) is 13.2 Å². The SMILES string of the molecule is C=CC(=O)OCCON=C=O. The lowest BCUT2D eigenvalue weighted by Crippen LogP contribution is -2.06. The van der Waals surface area contributed by atoms with E-state index in [2.05, 4.69) is 21.3 Å². The molecule has 0 radical (unpaired) electrons. The van der Waals surface area contributed by atoms with Crippen LogP contribution in [-0.2, 0) is 19.2 Å². The van der Waals surface area contributed by atoms with Gasteiger partial charge in [0, 0.05) is 11.2 Å². The van der Waals surface area contributed by atoms with Gasteiger partial charge in [0.1, 0.15) is 6.61 Å². The van der Waals surface area contributed by atoms with Crippen molar-refractivity contribution >= 4 is 12.0 Å². The Hall–Kier alpha value is -1.61. The van der Waals surface area contributed by atoms with Crippen molar-refractivity contribution in [3.8, 4) is 0 Å². The standard InChI is InChI=1S/C6H7NO4/c1-2-6(9)10-3-4-11-7-5-8/h2H,1,3-4H2. The highest BCUT2D eigenvalue weighted by molar-refractivity contribution is 5.81. The molecule has 0 rings (SSSR count). The molecule has 0 aliphatic carbocycles. The first kappa shape index (κ1) is 9.39. The third-order valence-corrected chi connectivity index (χ3v) is 0.687. The fourth-order valence-corrected chi connectivity index (χ4v) is 0.310. The van der Waals surface area contributed by atoms with Gasteiger partial charge in [0.15, 0.2) is 6.61 Å². The van der Waals surface area contributed by atoms with E-state index in [9.17, 15) is 9.59 Å². The molecule has 0 aliphatic rings. The first-order valence-corrected chi connectivity index (χ1v) is 2.79. The van der Waals surface area contributed by atoms with E-state index >= 15 is 0 Å². The molecule has 0 aromatic rings. The summed E-state index contributed by atoms with van der Waals surface area (Å²) in [6.45, 7) is 3.25. The maximum atomic E-state index is 10.3. The van der Waals surface area contributed by atoms with E-state index in [0.29, 0.717) is 0 Å². The largest absolute Gasteiger partial charge is 0.459 e. The molecule has 0 unspecified atom stereocenters. The van der Waals surface area contributed by atoms with Gasteiger partial charge < -0.3 is 9.57 Å². The minimum atomic E-state index is -0.538. The highest BCUT2D eigenvalue weighted by Gasteiger charge is 1.93. The summed E-state index contributed by atoms with van der Waals surface area (Å²) in [5.74, 6) is -0.538. The van der Waals surface area contributed by atoms with Crippen molar-refractivity contribution in [3.05, 3.63) is 12.7 Å². The van der Waals surface area contributed by atoms with Crippen LogP contribution in [0.1, 0.15) is 0 Å². The van der Waals surface area contributed by atoms with Crippen LogP contribution >= 0.6 is 0 Å². The first-order valence-electron chi connectivity index (χ1n) is 2.79. The fraction of sp³-hybridized carbons (Fsp3) is 0.333. The van der Waals surface area contributed by atoms with E-state index in [1.165, 1.54) is 0 Å². The molecule has 0 atom stereocenters. The normalized spacial score (nSPS) is 7.64. The number of carbonyl (C=O) groups is 1. The Labute approximate surface area is 63.3 Å². The maximum absolute atomic E-state index is 10.3. The van der Waals surface area contributed by atoms with Gasteiger partial charge in [-0.25, -0.2) is 9.59 Å². The van der Waals surface area contributed by atoms with Gasteiger partial charge in [-0.3, -0.25) is 0 Å². The molecule has 0 aromatic carbocycles. The van der Waals surface area contributed by atoms with E-state index in [0.717, 1.165) is 12.2 Å². The molecule has 5 heteroatoms. The van der Waals surface area contributed by atoms with Crippen molar-refractivity contribution < 1.29 is 19.2 Å². The Kier molecular flexibility index (Phi) is 5.56. The van der Waals surface area contributed by atoms with Gasteiger partial charge in [-0.2, -0.15) is 0 Å². The van der Waals surface area contributed by atoms with Crippen LogP contribution < -0.4 is 0 Å². The summed E-state index contributed by atoms with van der Waals surface area (Å²) in [7, 11) is 0. The number of nitrogens with zero attached hydrogens (tertiary/aromatic N) is 1. The predicted molar refractivity (Wildman–Crippen MR) is 35.2 cm³/mol. The minimum absolute atomic E-state index is 0.0365. The van der Waals surface area contributed by atoms with Crippen LogP contribution in [0.4, 0.5) is 0 Å². The topological polar surface area (TPSA) is 65.0 Å². The Morgan fingerprint density at radius 1 is 1.64 bits per heavy atom. The summed E-state index contributed by atoms with van der Waals surface area (Å²) in [4.78, 5) is 24.0. The van der Waals surface area contributed by atoms with Crippen LogP contribution in [0.3, 0.4) is 0 Å². The zero-order valence-electron chi connectivity index (χ0n) is 5.78. The Morgan fingerprint density at radius 2 is 2.36 bits per heavy atom. The molecule has 0 saturated heterocycles. The molecule has 0 aliphatic heterocycles. The molecule has 0 aromatic heterocycles. The van der Waals surface area contributed by atoms with Crippen LogP contribution in [0, 0.1) is 0 Å². The maximum Gasteiger partial charge on any atom is 0.330 e. The Bertz CT molecular complexity index is 183. The van der Waals surface area contributed by atoms with Gasteiger partial charge in [-0.15, -0.1) is 0 Å². The van der Waals surface area contributed by atoms with Gasteiger partial charge >= 0.3 is 5.97 Å². The summed E-state index contributed by atoms with van der Waals surface area (Å²) in [5, 5.41) is 2.77. The van der Waals surface area contributed by atoms with Gasteiger partial charge in [-0.1, -0.05) is 6.58 Å². The summed E-state index contributed by atoms with van der Waals surface area (Å²) < 4.78 is 4.47. The number of hydrogen-bond donors (Lipinski definition) is 0. The van der Waals surface area contributed by atoms with Crippen LogP contribution in [0.25, 0.3) is 0 Å². The van der Waals surface area contributed by atoms with Crippen LogP contribution in [0.2, 0.25) is 0 Å². The molecule has 0 heterocycles. The first-order chi connectivity index (χ1) is 5.31. The van der Waals surface area contributed by atoms with Crippen LogP contribution in [-0.4, -0.2) is 25.3 Å². The van der Waals surface area contributed by atoms with Gasteiger partial charge in [0.05, 0.1) is 0 Å². The van der Waals surface area contributed by atoms with E-state index < -0.39 is 5.97 Å².